The van der Waals surface area contributed by atoms with Crippen LogP contribution in [0.2, 0.25) is 0 Å². The first-order chi connectivity index (χ1) is 10.7. The van der Waals surface area contributed by atoms with Gasteiger partial charge in [0.15, 0.2) is 0 Å². The SMILES string of the molecule is C[C@@H](NC(=O)CCc1nc(-c2cccs2)no1)[C@@H]1CCCO1. The van der Waals surface area contributed by atoms with E-state index in [1.165, 1.54) is 0 Å². The van der Waals surface area contributed by atoms with Gasteiger partial charge < -0.3 is 14.6 Å². The first-order valence-electron chi connectivity index (χ1n) is 7.50. The Balaban J connectivity index is 1.46. The second-order valence-electron chi connectivity index (χ2n) is 5.40. The van der Waals surface area contributed by atoms with Crippen LogP contribution in [-0.2, 0) is 16.0 Å². The highest BCUT2D eigenvalue weighted by Gasteiger charge is 2.23. The smallest absolute Gasteiger partial charge is 0.227 e. The average Bonchev–Trinajstić information content (AvgIpc) is 3.25. The van der Waals surface area contributed by atoms with Crippen LogP contribution in [0.3, 0.4) is 0 Å². The first-order valence-corrected chi connectivity index (χ1v) is 8.38. The van der Waals surface area contributed by atoms with Crippen molar-refractivity contribution in [1.29, 1.82) is 0 Å². The van der Waals surface area contributed by atoms with Crippen LogP contribution < -0.4 is 5.32 Å². The summed E-state index contributed by atoms with van der Waals surface area (Å²) in [6.07, 6.45) is 3.00. The molecule has 22 heavy (non-hydrogen) atoms. The summed E-state index contributed by atoms with van der Waals surface area (Å²) in [5.41, 5.74) is 0. The molecule has 2 aromatic heterocycles. The second-order valence-corrected chi connectivity index (χ2v) is 6.34. The molecule has 0 aromatic carbocycles. The summed E-state index contributed by atoms with van der Waals surface area (Å²) < 4.78 is 10.8. The van der Waals surface area contributed by atoms with Crippen molar-refractivity contribution in [3.63, 3.8) is 0 Å². The van der Waals surface area contributed by atoms with Crippen molar-refractivity contribution in [1.82, 2.24) is 15.5 Å². The third kappa shape index (κ3) is 3.72. The summed E-state index contributed by atoms with van der Waals surface area (Å²) in [5, 5.41) is 8.87. The average molecular weight is 321 g/mol. The lowest BCUT2D eigenvalue weighted by Gasteiger charge is -2.19. The minimum atomic E-state index is -0.0149. The van der Waals surface area contributed by atoms with Gasteiger partial charge in [0, 0.05) is 19.4 Å². The number of rotatable bonds is 6. The third-order valence-corrected chi connectivity index (χ3v) is 4.55. The molecule has 1 fully saturated rings. The van der Waals surface area contributed by atoms with Crippen molar-refractivity contribution < 1.29 is 14.1 Å². The number of aromatic nitrogens is 2. The van der Waals surface area contributed by atoms with Gasteiger partial charge in [-0.3, -0.25) is 4.79 Å². The van der Waals surface area contributed by atoms with Crippen LogP contribution in [0.25, 0.3) is 10.7 Å². The van der Waals surface area contributed by atoms with E-state index in [4.69, 9.17) is 9.26 Å². The van der Waals surface area contributed by atoms with E-state index in [0.29, 0.717) is 24.6 Å². The number of thiophene rings is 1. The van der Waals surface area contributed by atoms with Gasteiger partial charge in [0.05, 0.1) is 17.0 Å². The van der Waals surface area contributed by atoms with E-state index in [2.05, 4.69) is 15.5 Å². The minimum absolute atomic E-state index is 0.0149. The zero-order chi connectivity index (χ0) is 15.4. The van der Waals surface area contributed by atoms with Crippen LogP contribution in [-0.4, -0.2) is 34.8 Å². The van der Waals surface area contributed by atoms with Crippen LogP contribution in [0, 0.1) is 0 Å². The predicted octanol–water partition coefficient (Wildman–Crippen LogP) is 2.41. The molecular formula is C15H19N3O3S. The number of hydrogen-bond acceptors (Lipinski definition) is 6. The fourth-order valence-electron chi connectivity index (χ4n) is 2.50. The van der Waals surface area contributed by atoms with Crippen molar-refractivity contribution >= 4 is 17.2 Å². The monoisotopic (exact) mass is 321 g/mol. The normalized spacial score (nSPS) is 19.2. The topological polar surface area (TPSA) is 77.3 Å². The van der Waals surface area contributed by atoms with Crippen LogP contribution in [0.1, 0.15) is 32.1 Å². The van der Waals surface area contributed by atoms with Gasteiger partial charge in [-0.2, -0.15) is 4.98 Å². The first kappa shape index (κ1) is 15.2. The molecule has 2 aromatic rings. The summed E-state index contributed by atoms with van der Waals surface area (Å²) >= 11 is 1.56. The molecular weight excluding hydrogens is 302 g/mol. The molecule has 1 aliphatic heterocycles. The number of carbonyl (C=O) groups is 1. The maximum atomic E-state index is 12.0. The lowest BCUT2D eigenvalue weighted by atomic mass is 10.1. The summed E-state index contributed by atoms with van der Waals surface area (Å²) in [5.74, 6) is 1.06. The number of carbonyl (C=O) groups excluding carboxylic acids is 1. The molecule has 1 aliphatic rings. The zero-order valence-electron chi connectivity index (χ0n) is 12.4. The summed E-state index contributed by atoms with van der Waals surface area (Å²) in [7, 11) is 0. The molecule has 1 N–H and O–H groups in total. The van der Waals surface area contributed by atoms with E-state index in [-0.39, 0.29) is 18.1 Å². The Labute approximate surface area is 132 Å². The molecule has 3 rings (SSSR count). The molecule has 118 valence electrons. The number of amides is 1. The highest BCUT2D eigenvalue weighted by Crippen LogP contribution is 2.21. The van der Waals surface area contributed by atoms with E-state index in [1.54, 1.807) is 11.3 Å². The fourth-order valence-corrected chi connectivity index (χ4v) is 3.15. The predicted molar refractivity (Wildman–Crippen MR) is 82.5 cm³/mol. The molecule has 0 unspecified atom stereocenters. The Morgan fingerprint density at radius 3 is 3.23 bits per heavy atom. The molecule has 0 radical (unpaired) electrons. The van der Waals surface area contributed by atoms with Crippen molar-refractivity contribution in [2.24, 2.45) is 0 Å². The van der Waals surface area contributed by atoms with Gasteiger partial charge >= 0.3 is 0 Å². The molecule has 0 spiro atoms. The molecule has 3 heterocycles. The highest BCUT2D eigenvalue weighted by atomic mass is 32.1. The van der Waals surface area contributed by atoms with Crippen molar-refractivity contribution in [2.75, 3.05) is 6.61 Å². The maximum Gasteiger partial charge on any atom is 0.227 e. The Hall–Kier alpha value is -1.73. The van der Waals surface area contributed by atoms with Crippen LogP contribution in [0.15, 0.2) is 22.0 Å². The van der Waals surface area contributed by atoms with E-state index in [0.717, 1.165) is 24.3 Å². The molecule has 1 saturated heterocycles. The molecule has 0 saturated carbocycles. The lowest BCUT2D eigenvalue weighted by Crippen LogP contribution is -2.40. The van der Waals surface area contributed by atoms with E-state index in [9.17, 15) is 4.79 Å². The van der Waals surface area contributed by atoms with Crippen molar-refractivity contribution in [3.8, 4) is 10.7 Å². The number of nitrogens with zero attached hydrogens (tertiary/aromatic N) is 2. The van der Waals surface area contributed by atoms with Gasteiger partial charge in [-0.1, -0.05) is 11.2 Å². The Morgan fingerprint density at radius 1 is 1.59 bits per heavy atom. The lowest BCUT2D eigenvalue weighted by molar-refractivity contribution is -0.122. The second kappa shape index (κ2) is 7.02. The van der Waals surface area contributed by atoms with E-state index >= 15 is 0 Å². The van der Waals surface area contributed by atoms with E-state index in [1.807, 2.05) is 24.4 Å². The molecule has 1 amide bonds. The van der Waals surface area contributed by atoms with Gasteiger partial charge in [-0.05, 0) is 31.2 Å². The van der Waals surface area contributed by atoms with Crippen LogP contribution in [0.5, 0.6) is 0 Å². The zero-order valence-corrected chi connectivity index (χ0v) is 13.3. The largest absolute Gasteiger partial charge is 0.376 e. The van der Waals surface area contributed by atoms with Gasteiger partial charge in [0.1, 0.15) is 0 Å². The number of nitrogens with one attached hydrogen (secondary N) is 1. The highest BCUT2D eigenvalue weighted by molar-refractivity contribution is 7.13. The van der Waals surface area contributed by atoms with Crippen LogP contribution >= 0.6 is 11.3 Å². The van der Waals surface area contributed by atoms with E-state index < -0.39 is 0 Å². The third-order valence-electron chi connectivity index (χ3n) is 3.69. The molecule has 0 bridgehead atoms. The molecule has 6 nitrogen and oxygen atoms in total. The van der Waals surface area contributed by atoms with Gasteiger partial charge in [-0.25, -0.2) is 0 Å². The van der Waals surface area contributed by atoms with Gasteiger partial charge in [0.25, 0.3) is 0 Å². The standard InChI is InChI=1S/C15H19N3O3S/c1-10(11-4-2-8-20-11)16-13(19)6-7-14-17-15(18-21-14)12-5-3-9-22-12/h3,5,9-11H,2,4,6-8H2,1H3,(H,16,19)/t10-,11+/m1/s1. The fraction of sp³-hybridized carbons (Fsp3) is 0.533. The summed E-state index contributed by atoms with van der Waals surface area (Å²) in [6.45, 7) is 2.77. The van der Waals surface area contributed by atoms with Gasteiger partial charge in [0.2, 0.25) is 17.6 Å². The summed E-state index contributed by atoms with van der Waals surface area (Å²) in [4.78, 5) is 17.2. The molecule has 0 aliphatic carbocycles. The van der Waals surface area contributed by atoms with Crippen molar-refractivity contribution in [3.05, 3.63) is 23.4 Å². The minimum Gasteiger partial charge on any atom is -0.376 e. The Morgan fingerprint density at radius 2 is 2.50 bits per heavy atom. The van der Waals surface area contributed by atoms with Gasteiger partial charge in [-0.15, -0.1) is 11.3 Å². The Kier molecular flexibility index (Phi) is 4.84. The number of hydrogen-bond donors (Lipinski definition) is 1. The quantitative estimate of drug-likeness (QED) is 0.884. The maximum absolute atomic E-state index is 12.0. The van der Waals surface area contributed by atoms with Crippen LogP contribution in [0.4, 0.5) is 0 Å². The molecule has 7 heteroatoms. The molecule has 2 atom stereocenters. The summed E-state index contributed by atoms with van der Waals surface area (Å²) in [6, 6.07) is 3.92. The Bertz CT molecular complexity index is 605. The number of aryl methyl sites for hydroxylation is 1. The van der Waals surface area contributed by atoms with Crippen molar-refractivity contribution in [2.45, 2.75) is 44.8 Å². The number of ether oxygens (including phenoxy) is 1.